The Morgan fingerprint density at radius 1 is 1.18 bits per heavy atom. The molecule has 0 bridgehead atoms. The SMILES string of the molecule is Cc1nc(C)c(CNC(=O)NCCc2ccc(CO)cc2)s1. The summed E-state index contributed by atoms with van der Waals surface area (Å²) < 4.78 is 0. The van der Waals surface area contributed by atoms with Crippen molar-refractivity contribution in [2.75, 3.05) is 6.54 Å². The van der Waals surface area contributed by atoms with Crippen LogP contribution in [0.1, 0.15) is 26.7 Å². The number of hydrogen-bond donors (Lipinski definition) is 3. The summed E-state index contributed by atoms with van der Waals surface area (Å²) in [6.07, 6.45) is 0.762. The molecule has 22 heavy (non-hydrogen) atoms. The lowest BCUT2D eigenvalue weighted by molar-refractivity contribution is 0.240. The number of nitrogens with zero attached hydrogens (tertiary/aromatic N) is 1. The number of aliphatic hydroxyl groups excluding tert-OH is 1. The van der Waals surface area contributed by atoms with Crippen LogP contribution in [-0.4, -0.2) is 22.7 Å². The van der Waals surface area contributed by atoms with Crippen LogP contribution in [0.4, 0.5) is 4.79 Å². The van der Waals surface area contributed by atoms with Crippen molar-refractivity contribution in [2.24, 2.45) is 0 Å². The zero-order chi connectivity index (χ0) is 15.9. The maximum Gasteiger partial charge on any atom is 0.315 e. The Balaban J connectivity index is 1.70. The predicted octanol–water partition coefficient (Wildman–Crippen LogP) is 2.29. The van der Waals surface area contributed by atoms with Gasteiger partial charge in [0.05, 0.1) is 23.9 Å². The standard InChI is InChI=1S/C16H21N3O2S/c1-11-15(22-12(2)19-11)9-18-16(21)17-8-7-13-3-5-14(10-20)6-4-13/h3-6,20H,7-10H2,1-2H3,(H2,17,18,21). The summed E-state index contributed by atoms with van der Waals surface area (Å²) >= 11 is 1.61. The van der Waals surface area contributed by atoms with Crippen LogP contribution in [0.25, 0.3) is 0 Å². The molecule has 5 nitrogen and oxygen atoms in total. The Morgan fingerprint density at radius 3 is 2.45 bits per heavy atom. The van der Waals surface area contributed by atoms with Crippen molar-refractivity contribution in [3.63, 3.8) is 0 Å². The summed E-state index contributed by atoms with van der Waals surface area (Å²) in [5.41, 5.74) is 3.00. The number of aryl methyl sites for hydroxylation is 2. The Hall–Kier alpha value is -1.92. The fraction of sp³-hybridized carbons (Fsp3) is 0.375. The number of nitrogens with one attached hydrogen (secondary N) is 2. The lowest BCUT2D eigenvalue weighted by Crippen LogP contribution is -2.36. The van der Waals surface area contributed by atoms with Crippen LogP contribution >= 0.6 is 11.3 Å². The second kappa shape index (κ2) is 7.91. The second-order valence-electron chi connectivity index (χ2n) is 5.08. The predicted molar refractivity (Wildman–Crippen MR) is 87.9 cm³/mol. The van der Waals surface area contributed by atoms with E-state index >= 15 is 0 Å². The highest BCUT2D eigenvalue weighted by Crippen LogP contribution is 2.16. The first-order valence-corrected chi connectivity index (χ1v) is 8.03. The van der Waals surface area contributed by atoms with Gasteiger partial charge in [-0.05, 0) is 31.4 Å². The monoisotopic (exact) mass is 319 g/mol. The zero-order valence-electron chi connectivity index (χ0n) is 12.8. The minimum Gasteiger partial charge on any atom is -0.392 e. The summed E-state index contributed by atoms with van der Waals surface area (Å²) in [6, 6.07) is 7.55. The Kier molecular flexibility index (Phi) is 5.91. The molecule has 0 unspecified atom stereocenters. The smallest absolute Gasteiger partial charge is 0.315 e. The van der Waals surface area contributed by atoms with Gasteiger partial charge in [0.1, 0.15) is 0 Å². The number of aromatic nitrogens is 1. The zero-order valence-corrected chi connectivity index (χ0v) is 13.7. The topological polar surface area (TPSA) is 74.2 Å². The minimum absolute atomic E-state index is 0.0530. The van der Waals surface area contributed by atoms with Crippen molar-refractivity contribution in [3.8, 4) is 0 Å². The van der Waals surface area contributed by atoms with Gasteiger partial charge in [-0.25, -0.2) is 9.78 Å². The molecule has 1 aromatic carbocycles. The molecule has 1 aromatic heterocycles. The average molecular weight is 319 g/mol. The Bertz CT molecular complexity index is 623. The summed E-state index contributed by atoms with van der Waals surface area (Å²) in [5, 5.41) is 15.7. The number of aliphatic hydroxyl groups is 1. The van der Waals surface area contributed by atoms with Crippen LogP contribution in [0.2, 0.25) is 0 Å². The Labute approximate surface area is 134 Å². The maximum absolute atomic E-state index is 11.8. The van der Waals surface area contributed by atoms with E-state index in [1.807, 2.05) is 38.1 Å². The highest BCUT2D eigenvalue weighted by Gasteiger charge is 2.06. The van der Waals surface area contributed by atoms with Crippen LogP contribution in [0, 0.1) is 13.8 Å². The fourth-order valence-corrected chi connectivity index (χ4v) is 2.97. The van der Waals surface area contributed by atoms with Gasteiger partial charge in [0.25, 0.3) is 0 Å². The number of hydrogen-bond acceptors (Lipinski definition) is 4. The molecule has 6 heteroatoms. The molecule has 2 amide bonds. The van der Waals surface area contributed by atoms with E-state index in [0.29, 0.717) is 13.1 Å². The van der Waals surface area contributed by atoms with Gasteiger partial charge in [0.15, 0.2) is 0 Å². The first kappa shape index (κ1) is 16.5. The quantitative estimate of drug-likeness (QED) is 0.765. The third kappa shape index (κ3) is 4.82. The van der Waals surface area contributed by atoms with Gasteiger partial charge >= 0.3 is 6.03 Å². The van der Waals surface area contributed by atoms with Gasteiger partial charge in [0.2, 0.25) is 0 Å². The van der Waals surface area contributed by atoms with Gasteiger partial charge in [-0.15, -0.1) is 11.3 Å². The molecular weight excluding hydrogens is 298 g/mol. The summed E-state index contributed by atoms with van der Waals surface area (Å²) in [7, 11) is 0. The van der Waals surface area contributed by atoms with Crippen LogP contribution in [0.15, 0.2) is 24.3 Å². The van der Waals surface area contributed by atoms with Gasteiger partial charge < -0.3 is 15.7 Å². The first-order chi connectivity index (χ1) is 10.6. The van der Waals surface area contributed by atoms with E-state index in [1.54, 1.807) is 11.3 Å². The molecule has 0 radical (unpaired) electrons. The molecule has 0 saturated heterocycles. The number of rotatable bonds is 6. The van der Waals surface area contributed by atoms with E-state index in [-0.39, 0.29) is 12.6 Å². The lowest BCUT2D eigenvalue weighted by Gasteiger charge is -2.07. The summed E-state index contributed by atoms with van der Waals surface area (Å²) in [4.78, 5) is 17.2. The molecular formula is C16H21N3O2S. The Morgan fingerprint density at radius 2 is 1.86 bits per heavy atom. The molecule has 118 valence electrons. The fourth-order valence-electron chi connectivity index (χ4n) is 2.09. The normalized spacial score (nSPS) is 10.5. The molecule has 2 aromatic rings. The summed E-state index contributed by atoms with van der Waals surface area (Å²) in [6.45, 7) is 5.05. The molecule has 0 aliphatic heterocycles. The van der Waals surface area contributed by atoms with Crippen molar-refractivity contribution in [2.45, 2.75) is 33.4 Å². The largest absolute Gasteiger partial charge is 0.392 e. The molecule has 0 aliphatic rings. The molecule has 0 spiro atoms. The number of thiazole rings is 1. The third-order valence-corrected chi connectivity index (χ3v) is 4.39. The molecule has 0 saturated carbocycles. The van der Waals surface area contributed by atoms with Gasteiger partial charge in [-0.1, -0.05) is 24.3 Å². The number of benzene rings is 1. The maximum atomic E-state index is 11.8. The van der Waals surface area contributed by atoms with E-state index in [2.05, 4.69) is 15.6 Å². The van der Waals surface area contributed by atoms with Crippen molar-refractivity contribution in [3.05, 3.63) is 51.0 Å². The number of urea groups is 1. The van der Waals surface area contributed by atoms with E-state index < -0.39 is 0 Å². The summed E-state index contributed by atoms with van der Waals surface area (Å²) in [5.74, 6) is 0. The van der Waals surface area contributed by atoms with E-state index in [9.17, 15) is 4.79 Å². The van der Waals surface area contributed by atoms with Crippen LogP contribution < -0.4 is 10.6 Å². The molecule has 0 fully saturated rings. The van der Waals surface area contributed by atoms with Gasteiger partial charge in [-0.3, -0.25) is 0 Å². The van der Waals surface area contributed by atoms with Crippen molar-refractivity contribution in [1.29, 1.82) is 0 Å². The van der Waals surface area contributed by atoms with Crippen LogP contribution in [0.5, 0.6) is 0 Å². The average Bonchev–Trinajstić information content (AvgIpc) is 2.84. The minimum atomic E-state index is -0.169. The second-order valence-corrected chi connectivity index (χ2v) is 6.36. The van der Waals surface area contributed by atoms with Crippen LogP contribution in [-0.2, 0) is 19.6 Å². The molecule has 2 rings (SSSR count). The molecule has 0 atom stereocenters. The van der Waals surface area contributed by atoms with Gasteiger partial charge in [0, 0.05) is 11.4 Å². The molecule has 3 N–H and O–H groups in total. The highest BCUT2D eigenvalue weighted by atomic mass is 32.1. The lowest BCUT2D eigenvalue weighted by atomic mass is 10.1. The van der Waals surface area contributed by atoms with Crippen LogP contribution in [0.3, 0.4) is 0 Å². The number of carbonyl (C=O) groups excluding carboxylic acids is 1. The first-order valence-electron chi connectivity index (χ1n) is 7.21. The van der Waals surface area contributed by atoms with Crippen molar-refractivity contribution >= 4 is 17.4 Å². The van der Waals surface area contributed by atoms with E-state index in [1.165, 1.54) is 0 Å². The van der Waals surface area contributed by atoms with Crippen molar-refractivity contribution in [1.82, 2.24) is 15.6 Å². The van der Waals surface area contributed by atoms with E-state index in [0.717, 1.165) is 33.1 Å². The van der Waals surface area contributed by atoms with Gasteiger partial charge in [-0.2, -0.15) is 0 Å². The molecule has 0 aliphatic carbocycles. The number of carbonyl (C=O) groups is 1. The third-order valence-electron chi connectivity index (χ3n) is 3.31. The van der Waals surface area contributed by atoms with Crippen molar-refractivity contribution < 1.29 is 9.90 Å². The number of amides is 2. The molecule has 1 heterocycles. The van der Waals surface area contributed by atoms with E-state index in [4.69, 9.17) is 5.11 Å². The highest BCUT2D eigenvalue weighted by molar-refractivity contribution is 7.11.